The zero-order chi connectivity index (χ0) is 12.4. The summed E-state index contributed by atoms with van der Waals surface area (Å²) in [6, 6.07) is 0.336. The Hall–Kier alpha value is -1.36. The Bertz CT molecular complexity index is 400. The fourth-order valence-corrected chi connectivity index (χ4v) is 1.79. The smallest absolute Gasteiger partial charge is 0.135 e. The van der Waals surface area contributed by atoms with Gasteiger partial charge in [0.2, 0.25) is 0 Å². The lowest BCUT2D eigenvalue weighted by Gasteiger charge is -2.16. The van der Waals surface area contributed by atoms with Crippen molar-refractivity contribution in [1.82, 2.24) is 9.97 Å². The number of nitrogens with two attached hydrogens (primary N) is 1. The molecule has 0 amide bonds. The van der Waals surface area contributed by atoms with Gasteiger partial charge in [0.05, 0.1) is 12.6 Å². The summed E-state index contributed by atoms with van der Waals surface area (Å²) < 4.78 is 5.34. The average molecular weight is 236 g/mol. The molecular formula is C12H20N4O. The molecule has 1 aromatic rings. The highest BCUT2D eigenvalue weighted by molar-refractivity contribution is 5.55. The van der Waals surface area contributed by atoms with Crippen molar-refractivity contribution >= 4 is 11.6 Å². The summed E-state index contributed by atoms with van der Waals surface area (Å²) in [4.78, 5) is 8.84. The molecule has 0 bridgehead atoms. The van der Waals surface area contributed by atoms with Crippen molar-refractivity contribution in [1.29, 1.82) is 0 Å². The molecule has 1 aromatic heterocycles. The number of rotatable bonds is 3. The Morgan fingerprint density at radius 3 is 2.76 bits per heavy atom. The van der Waals surface area contributed by atoms with Gasteiger partial charge in [-0.15, -0.1) is 0 Å². The summed E-state index contributed by atoms with van der Waals surface area (Å²) in [5.74, 6) is 2.47. The topological polar surface area (TPSA) is 73.1 Å². The molecule has 1 fully saturated rings. The SMILES string of the molecule is Cc1c(N)nc(C(C)C)nc1NC1CCOC1. The molecule has 1 aliphatic rings. The first kappa shape index (κ1) is 12.1. The van der Waals surface area contributed by atoms with Gasteiger partial charge in [-0.25, -0.2) is 9.97 Å². The highest BCUT2D eigenvalue weighted by Gasteiger charge is 2.18. The highest BCUT2D eigenvalue weighted by atomic mass is 16.5. The summed E-state index contributed by atoms with van der Waals surface area (Å²) in [6.45, 7) is 7.62. The van der Waals surface area contributed by atoms with Gasteiger partial charge in [-0.1, -0.05) is 13.8 Å². The molecule has 2 heterocycles. The van der Waals surface area contributed by atoms with Crippen LogP contribution >= 0.6 is 0 Å². The van der Waals surface area contributed by atoms with Gasteiger partial charge in [0, 0.05) is 18.1 Å². The first-order valence-electron chi connectivity index (χ1n) is 6.06. The zero-order valence-corrected chi connectivity index (χ0v) is 10.7. The van der Waals surface area contributed by atoms with E-state index in [9.17, 15) is 0 Å². The molecule has 5 nitrogen and oxygen atoms in total. The number of ether oxygens (including phenoxy) is 1. The van der Waals surface area contributed by atoms with E-state index in [1.807, 2.05) is 6.92 Å². The molecule has 0 saturated carbocycles. The predicted octanol–water partition coefficient (Wildman–Crippen LogP) is 1.69. The molecule has 0 radical (unpaired) electrons. The molecule has 0 spiro atoms. The van der Waals surface area contributed by atoms with Gasteiger partial charge in [-0.2, -0.15) is 0 Å². The Balaban J connectivity index is 2.24. The van der Waals surface area contributed by atoms with Crippen LogP contribution in [0.25, 0.3) is 0 Å². The number of nitrogens with zero attached hydrogens (tertiary/aromatic N) is 2. The minimum absolute atomic E-state index is 0.276. The van der Waals surface area contributed by atoms with Crippen LogP contribution in [0.4, 0.5) is 11.6 Å². The molecule has 5 heteroatoms. The Morgan fingerprint density at radius 1 is 1.41 bits per heavy atom. The highest BCUT2D eigenvalue weighted by Crippen LogP contribution is 2.22. The van der Waals surface area contributed by atoms with Crippen molar-refractivity contribution < 1.29 is 4.74 Å². The fraction of sp³-hybridized carbons (Fsp3) is 0.667. The van der Waals surface area contributed by atoms with Crippen molar-refractivity contribution in [3.05, 3.63) is 11.4 Å². The van der Waals surface area contributed by atoms with Gasteiger partial charge >= 0.3 is 0 Å². The van der Waals surface area contributed by atoms with Crippen LogP contribution in [0.3, 0.4) is 0 Å². The quantitative estimate of drug-likeness (QED) is 0.835. The van der Waals surface area contributed by atoms with E-state index < -0.39 is 0 Å². The van der Waals surface area contributed by atoms with Crippen molar-refractivity contribution in [2.75, 3.05) is 24.3 Å². The first-order chi connectivity index (χ1) is 8.08. The maximum Gasteiger partial charge on any atom is 0.135 e. The first-order valence-corrected chi connectivity index (χ1v) is 6.06. The van der Waals surface area contributed by atoms with Gasteiger partial charge in [0.15, 0.2) is 0 Å². The molecule has 0 aromatic carbocycles. The third-order valence-corrected chi connectivity index (χ3v) is 2.99. The second kappa shape index (κ2) is 4.87. The summed E-state index contributed by atoms with van der Waals surface area (Å²) in [6.07, 6.45) is 1.01. The Kier molecular flexibility index (Phi) is 3.47. The summed E-state index contributed by atoms with van der Waals surface area (Å²) in [7, 11) is 0. The number of aromatic nitrogens is 2. The van der Waals surface area contributed by atoms with E-state index in [1.165, 1.54) is 0 Å². The number of nitrogen functional groups attached to an aromatic ring is 1. The predicted molar refractivity (Wildman–Crippen MR) is 68.1 cm³/mol. The molecule has 1 atom stereocenters. The van der Waals surface area contributed by atoms with E-state index in [0.29, 0.717) is 11.9 Å². The fourth-order valence-electron chi connectivity index (χ4n) is 1.79. The van der Waals surface area contributed by atoms with Crippen LogP contribution in [-0.4, -0.2) is 29.2 Å². The number of hydrogen-bond donors (Lipinski definition) is 2. The number of hydrogen-bond acceptors (Lipinski definition) is 5. The standard InChI is InChI=1S/C12H20N4O/c1-7(2)11-15-10(13)8(3)12(16-11)14-9-4-5-17-6-9/h7,9H,4-6H2,1-3H3,(H3,13,14,15,16). The van der Waals surface area contributed by atoms with Crippen LogP contribution in [0.2, 0.25) is 0 Å². The number of nitrogens with one attached hydrogen (secondary N) is 1. The maximum atomic E-state index is 5.91. The zero-order valence-electron chi connectivity index (χ0n) is 10.7. The summed E-state index contributed by atoms with van der Waals surface area (Å²) in [5.41, 5.74) is 6.83. The van der Waals surface area contributed by atoms with Crippen LogP contribution in [0.5, 0.6) is 0 Å². The average Bonchev–Trinajstić information content (AvgIpc) is 2.77. The molecule has 3 N–H and O–H groups in total. The van der Waals surface area contributed by atoms with E-state index >= 15 is 0 Å². The minimum atomic E-state index is 0.276. The van der Waals surface area contributed by atoms with Crippen LogP contribution in [-0.2, 0) is 4.74 Å². The summed E-state index contributed by atoms with van der Waals surface area (Å²) in [5, 5.41) is 3.39. The molecule has 2 rings (SSSR count). The largest absolute Gasteiger partial charge is 0.383 e. The van der Waals surface area contributed by atoms with E-state index in [0.717, 1.165) is 36.8 Å². The molecule has 0 aliphatic carbocycles. The Morgan fingerprint density at radius 2 is 2.18 bits per heavy atom. The third-order valence-electron chi connectivity index (χ3n) is 2.99. The van der Waals surface area contributed by atoms with Gasteiger partial charge in [0.1, 0.15) is 17.5 Å². The van der Waals surface area contributed by atoms with Crippen molar-refractivity contribution in [2.24, 2.45) is 0 Å². The van der Waals surface area contributed by atoms with Gasteiger partial charge in [0.25, 0.3) is 0 Å². The lowest BCUT2D eigenvalue weighted by Crippen LogP contribution is -2.21. The third kappa shape index (κ3) is 2.66. The molecule has 1 unspecified atom stereocenters. The van der Waals surface area contributed by atoms with Crippen molar-refractivity contribution in [2.45, 2.75) is 39.2 Å². The van der Waals surface area contributed by atoms with Crippen LogP contribution in [0.15, 0.2) is 0 Å². The van der Waals surface area contributed by atoms with Gasteiger partial charge in [-0.3, -0.25) is 0 Å². The van der Waals surface area contributed by atoms with Gasteiger partial charge < -0.3 is 15.8 Å². The van der Waals surface area contributed by atoms with Crippen molar-refractivity contribution in [3.63, 3.8) is 0 Å². The molecule has 1 aliphatic heterocycles. The second-order valence-electron chi connectivity index (χ2n) is 4.80. The molecular weight excluding hydrogens is 216 g/mol. The van der Waals surface area contributed by atoms with E-state index in [-0.39, 0.29) is 5.92 Å². The molecule has 17 heavy (non-hydrogen) atoms. The van der Waals surface area contributed by atoms with Gasteiger partial charge in [-0.05, 0) is 13.3 Å². The molecule has 1 saturated heterocycles. The van der Waals surface area contributed by atoms with E-state index in [4.69, 9.17) is 10.5 Å². The molecule has 94 valence electrons. The maximum absolute atomic E-state index is 5.91. The van der Waals surface area contributed by atoms with Crippen LogP contribution in [0, 0.1) is 6.92 Å². The lowest BCUT2D eigenvalue weighted by atomic mass is 10.2. The summed E-state index contributed by atoms with van der Waals surface area (Å²) >= 11 is 0. The second-order valence-corrected chi connectivity index (χ2v) is 4.80. The minimum Gasteiger partial charge on any atom is -0.383 e. The normalized spacial score (nSPS) is 19.9. The van der Waals surface area contributed by atoms with Crippen LogP contribution < -0.4 is 11.1 Å². The number of anilines is 2. The lowest BCUT2D eigenvalue weighted by molar-refractivity contribution is 0.195. The van der Waals surface area contributed by atoms with Crippen molar-refractivity contribution in [3.8, 4) is 0 Å². The Labute approximate surface area is 102 Å². The monoisotopic (exact) mass is 236 g/mol. The van der Waals surface area contributed by atoms with E-state index in [2.05, 4.69) is 29.1 Å². The van der Waals surface area contributed by atoms with E-state index in [1.54, 1.807) is 0 Å². The van der Waals surface area contributed by atoms with Crippen LogP contribution in [0.1, 0.15) is 37.6 Å².